The van der Waals surface area contributed by atoms with Crippen molar-refractivity contribution in [1.29, 1.82) is 0 Å². The Morgan fingerprint density at radius 3 is 2.59 bits per heavy atom. The fourth-order valence-electron chi connectivity index (χ4n) is 3.87. The van der Waals surface area contributed by atoms with Gasteiger partial charge >= 0.3 is 0 Å². The highest BCUT2D eigenvalue weighted by Gasteiger charge is 2.31. The maximum atomic E-state index is 11.0. The Bertz CT molecular complexity index is 1070. The Labute approximate surface area is 174 Å². The number of hydrogen-bond acceptors (Lipinski definition) is 3. The van der Waals surface area contributed by atoms with Crippen molar-refractivity contribution in [2.75, 3.05) is 11.9 Å². The average molecular weight is 407 g/mol. The van der Waals surface area contributed by atoms with E-state index in [-0.39, 0.29) is 16.7 Å². The molecular formula is C22H22N4O2S. The number of aryl methyl sites for hydroxylation is 2. The van der Waals surface area contributed by atoms with Crippen molar-refractivity contribution >= 4 is 28.7 Å². The molecule has 7 heteroatoms. The molecule has 148 valence electrons. The van der Waals surface area contributed by atoms with Crippen LogP contribution in [0.1, 0.15) is 28.4 Å². The van der Waals surface area contributed by atoms with Crippen molar-refractivity contribution in [2.24, 2.45) is 0 Å². The van der Waals surface area contributed by atoms with Crippen LogP contribution in [0.15, 0.2) is 60.8 Å². The maximum Gasteiger partial charge on any atom is 0.269 e. The summed E-state index contributed by atoms with van der Waals surface area (Å²) in [7, 11) is 0. The van der Waals surface area contributed by atoms with E-state index in [0.29, 0.717) is 5.11 Å². The first-order valence-electron chi connectivity index (χ1n) is 9.48. The van der Waals surface area contributed by atoms with Crippen LogP contribution in [0, 0.1) is 24.0 Å². The first kappa shape index (κ1) is 19.1. The minimum absolute atomic E-state index is 0.0856. The Kier molecular flexibility index (Phi) is 5.07. The van der Waals surface area contributed by atoms with E-state index in [1.165, 1.54) is 5.56 Å². The second-order valence-corrected chi connectivity index (χ2v) is 7.71. The predicted octanol–water partition coefficient (Wildman–Crippen LogP) is 4.82. The fraction of sp³-hybridized carbons (Fsp3) is 0.227. The molecule has 29 heavy (non-hydrogen) atoms. The molecule has 0 unspecified atom stereocenters. The maximum absolute atomic E-state index is 11.0. The van der Waals surface area contributed by atoms with E-state index >= 15 is 0 Å². The van der Waals surface area contributed by atoms with Gasteiger partial charge in [0.15, 0.2) is 5.11 Å². The van der Waals surface area contributed by atoms with Crippen molar-refractivity contribution in [3.63, 3.8) is 0 Å². The van der Waals surface area contributed by atoms with E-state index in [9.17, 15) is 10.1 Å². The first-order chi connectivity index (χ1) is 13.9. The van der Waals surface area contributed by atoms with Crippen molar-refractivity contribution < 1.29 is 4.92 Å². The number of rotatable bonds is 3. The molecule has 4 rings (SSSR count). The second-order valence-electron chi connectivity index (χ2n) is 7.32. The zero-order chi connectivity index (χ0) is 20.5. The summed E-state index contributed by atoms with van der Waals surface area (Å²) in [6.45, 7) is 5.71. The lowest BCUT2D eigenvalue weighted by Crippen LogP contribution is -2.44. The van der Waals surface area contributed by atoms with E-state index in [4.69, 9.17) is 12.2 Å². The van der Waals surface area contributed by atoms with E-state index in [1.54, 1.807) is 12.1 Å². The van der Waals surface area contributed by atoms with E-state index in [0.717, 1.165) is 35.6 Å². The Morgan fingerprint density at radius 1 is 1.14 bits per heavy atom. The molecule has 0 aliphatic carbocycles. The summed E-state index contributed by atoms with van der Waals surface area (Å²) < 4.78 is 2.21. The summed E-state index contributed by atoms with van der Waals surface area (Å²) in [5.74, 6) is 0. The zero-order valence-electron chi connectivity index (χ0n) is 16.3. The van der Waals surface area contributed by atoms with Gasteiger partial charge in [-0.3, -0.25) is 10.1 Å². The van der Waals surface area contributed by atoms with Crippen molar-refractivity contribution in [1.82, 2.24) is 9.47 Å². The van der Waals surface area contributed by atoms with Crippen LogP contribution in [0.5, 0.6) is 0 Å². The van der Waals surface area contributed by atoms with Gasteiger partial charge in [-0.25, -0.2) is 0 Å². The highest BCUT2D eigenvalue weighted by Crippen LogP contribution is 2.34. The molecule has 1 aliphatic rings. The van der Waals surface area contributed by atoms with Gasteiger partial charge in [0.1, 0.15) is 0 Å². The second kappa shape index (κ2) is 7.67. The van der Waals surface area contributed by atoms with Gasteiger partial charge in [0.25, 0.3) is 5.69 Å². The molecule has 3 aromatic rings. The largest absolute Gasteiger partial charge is 0.348 e. The number of fused-ring (bicyclic) bond motifs is 1. The molecule has 0 saturated carbocycles. The van der Waals surface area contributed by atoms with Crippen LogP contribution >= 0.6 is 12.2 Å². The lowest BCUT2D eigenvalue weighted by atomic mass is 10.00. The number of hydrogen-bond donors (Lipinski definition) is 1. The molecule has 0 amide bonds. The molecule has 1 N–H and O–H groups in total. The molecular weight excluding hydrogens is 384 g/mol. The van der Waals surface area contributed by atoms with Gasteiger partial charge in [-0.2, -0.15) is 0 Å². The Balaban J connectivity index is 1.67. The van der Waals surface area contributed by atoms with Gasteiger partial charge < -0.3 is 14.8 Å². The number of nitrogens with one attached hydrogen (secondary N) is 1. The predicted molar refractivity (Wildman–Crippen MR) is 118 cm³/mol. The molecule has 0 bridgehead atoms. The van der Waals surface area contributed by atoms with Crippen LogP contribution in [0.2, 0.25) is 0 Å². The third-order valence-electron chi connectivity index (χ3n) is 5.34. The number of benzene rings is 2. The molecule has 1 aromatic heterocycles. The molecule has 0 saturated heterocycles. The normalized spacial score (nSPS) is 15.7. The van der Waals surface area contributed by atoms with E-state index in [1.807, 2.05) is 24.3 Å². The summed E-state index contributed by atoms with van der Waals surface area (Å²) in [5, 5.41) is 15.1. The fourth-order valence-corrected chi connectivity index (χ4v) is 4.18. The Morgan fingerprint density at radius 2 is 1.90 bits per heavy atom. The SMILES string of the molecule is Cc1ccc(NC(=S)N2CCn3cccc3[C@H]2c2ccc([N+](=O)[O-])cc2)c(C)c1. The highest BCUT2D eigenvalue weighted by molar-refractivity contribution is 7.80. The van der Waals surface area contributed by atoms with Crippen molar-refractivity contribution in [3.05, 3.63) is 93.3 Å². The molecule has 2 aromatic carbocycles. The van der Waals surface area contributed by atoms with Crippen LogP contribution in [0.3, 0.4) is 0 Å². The lowest BCUT2D eigenvalue weighted by Gasteiger charge is -2.39. The summed E-state index contributed by atoms with van der Waals surface area (Å²) >= 11 is 5.79. The quantitative estimate of drug-likeness (QED) is 0.384. The summed E-state index contributed by atoms with van der Waals surface area (Å²) in [6, 6.07) is 17.0. The van der Waals surface area contributed by atoms with Gasteiger partial charge in [0.2, 0.25) is 0 Å². The standard InChI is InChI=1S/C22H22N4O2S/c1-15-5-10-19(16(2)14-15)23-22(29)25-13-12-24-11-3-4-20(24)21(25)17-6-8-18(9-7-17)26(27)28/h3-11,14,21H,12-13H2,1-2H3,(H,23,29)/t21-/m1/s1. The van der Waals surface area contributed by atoms with Gasteiger partial charge in [-0.05, 0) is 67.5 Å². The third-order valence-corrected chi connectivity index (χ3v) is 5.68. The van der Waals surface area contributed by atoms with Crippen molar-refractivity contribution in [2.45, 2.75) is 26.4 Å². The van der Waals surface area contributed by atoms with Crippen LogP contribution in [-0.4, -0.2) is 26.0 Å². The minimum Gasteiger partial charge on any atom is -0.348 e. The highest BCUT2D eigenvalue weighted by atomic mass is 32.1. The zero-order valence-corrected chi connectivity index (χ0v) is 17.1. The molecule has 1 atom stereocenters. The number of aromatic nitrogens is 1. The van der Waals surface area contributed by atoms with E-state index in [2.05, 4.69) is 53.0 Å². The average Bonchev–Trinajstić information content (AvgIpc) is 3.18. The summed E-state index contributed by atoms with van der Waals surface area (Å²) in [6.07, 6.45) is 2.06. The van der Waals surface area contributed by atoms with Crippen LogP contribution < -0.4 is 5.32 Å². The topological polar surface area (TPSA) is 63.3 Å². The number of nitrogens with zero attached hydrogens (tertiary/aromatic N) is 3. The number of non-ortho nitro benzene ring substituents is 1. The smallest absolute Gasteiger partial charge is 0.269 e. The van der Waals surface area contributed by atoms with Gasteiger partial charge in [-0.1, -0.05) is 17.7 Å². The Hall–Kier alpha value is -3.19. The van der Waals surface area contributed by atoms with Crippen LogP contribution in [-0.2, 0) is 6.54 Å². The minimum atomic E-state index is -0.378. The molecule has 1 aliphatic heterocycles. The van der Waals surface area contributed by atoms with Gasteiger partial charge in [-0.15, -0.1) is 0 Å². The third kappa shape index (κ3) is 3.73. The van der Waals surface area contributed by atoms with E-state index < -0.39 is 0 Å². The van der Waals surface area contributed by atoms with Gasteiger partial charge in [0, 0.05) is 42.8 Å². The summed E-state index contributed by atoms with van der Waals surface area (Å²) in [5.41, 5.74) is 5.51. The first-order valence-corrected chi connectivity index (χ1v) is 9.89. The molecule has 0 fully saturated rings. The van der Waals surface area contributed by atoms with Crippen molar-refractivity contribution in [3.8, 4) is 0 Å². The summed E-state index contributed by atoms with van der Waals surface area (Å²) in [4.78, 5) is 12.8. The van der Waals surface area contributed by atoms with Gasteiger partial charge in [0.05, 0.1) is 11.0 Å². The monoisotopic (exact) mass is 406 g/mol. The lowest BCUT2D eigenvalue weighted by molar-refractivity contribution is -0.384. The van der Waals surface area contributed by atoms with Crippen LogP contribution in [0.4, 0.5) is 11.4 Å². The molecule has 0 spiro atoms. The molecule has 0 radical (unpaired) electrons. The number of anilines is 1. The molecule has 6 nitrogen and oxygen atoms in total. The number of thiocarbonyl (C=S) groups is 1. The van der Waals surface area contributed by atoms with Crippen LogP contribution in [0.25, 0.3) is 0 Å². The number of nitro groups is 1. The molecule has 2 heterocycles. The number of nitro benzene ring substituents is 1.